The minimum absolute atomic E-state index is 0.0114. The number of ether oxygens (including phenoxy) is 1. The Morgan fingerprint density at radius 3 is 3.04 bits per heavy atom. The van der Waals surface area contributed by atoms with Crippen LogP contribution in [0.4, 0.5) is 10.2 Å². The minimum Gasteiger partial charge on any atom is -0.506 e. The van der Waals surface area contributed by atoms with E-state index in [9.17, 15) is 9.50 Å². The Kier molecular flexibility index (Phi) is 4.14. The molecule has 4 rings (SSSR count). The zero-order valence-electron chi connectivity index (χ0n) is 13.1. The molecule has 130 valence electrons. The molecule has 0 radical (unpaired) electrons. The monoisotopic (exact) mass is 363 g/mol. The summed E-state index contributed by atoms with van der Waals surface area (Å²) < 4.78 is 21.2. The third-order valence-corrected chi connectivity index (χ3v) is 4.40. The third kappa shape index (κ3) is 3.10. The van der Waals surface area contributed by atoms with Crippen molar-refractivity contribution in [1.29, 1.82) is 0 Å². The number of benzene rings is 1. The van der Waals surface area contributed by atoms with Gasteiger partial charge in [0.25, 0.3) is 0 Å². The van der Waals surface area contributed by atoms with E-state index < -0.39 is 6.08 Å². The molecule has 0 bridgehead atoms. The van der Waals surface area contributed by atoms with Gasteiger partial charge in [-0.25, -0.2) is 4.98 Å². The molecule has 0 amide bonds. The molecule has 1 saturated heterocycles. The maximum Gasteiger partial charge on any atom is 0.312 e. The van der Waals surface area contributed by atoms with Gasteiger partial charge in [-0.2, -0.15) is 14.4 Å². The van der Waals surface area contributed by atoms with Crippen LogP contribution in [0.15, 0.2) is 24.5 Å². The quantitative estimate of drug-likeness (QED) is 0.692. The van der Waals surface area contributed by atoms with E-state index in [2.05, 4.69) is 20.3 Å². The van der Waals surface area contributed by atoms with Crippen molar-refractivity contribution in [3.8, 4) is 5.75 Å². The summed E-state index contributed by atoms with van der Waals surface area (Å²) >= 11 is 5.80. The van der Waals surface area contributed by atoms with Crippen LogP contribution < -0.4 is 5.32 Å². The van der Waals surface area contributed by atoms with Gasteiger partial charge in [0.1, 0.15) is 12.0 Å². The molecule has 0 aliphatic carbocycles. The number of aromatic hydroxyl groups is 1. The number of halogens is 2. The zero-order chi connectivity index (χ0) is 17.4. The van der Waals surface area contributed by atoms with E-state index in [4.69, 9.17) is 16.3 Å². The largest absolute Gasteiger partial charge is 0.506 e. The van der Waals surface area contributed by atoms with Crippen LogP contribution in [0.2, 0.25) is 5.02 Å². The van der Waals surface area contributed by atoms with Gasteiger partial charge in [-0.1, -0.05) is 17.7 Å². The van der Waals surface area contributed by atoms with Crippen LogP contribution in [0.3, 0.4) is 0 Å². The van der Waals surface area contributed by atoms with Crippen molar-refractivity contribution in [3.63, 3.8) is 0 Å². The molecule has 3 aromatic rings. The molecule has 7 nitrogen and oxygen atoms in total. The molecule has 25 heavy (non-hydrogen) atoms. The Bertz CT molecular complexity index is 926. The number of anilines is 1. The van der Waals surface area contributed by atoms with Gasteiger partial charge < -0.3 is 15.2 Å². The van der Waals surface area contributed by atoms with Gasteiger partial charge in [-0.05, 0) is 30.5 Å². The first-order valence-electron chi connectivity index (χ1n) is 7.85. The van der Waals surface area contributed by atoms with E-state index in [-0.39, 0.29) is 22.8 Å². The molecular formula is C16H15ClFN5O2. The molecule has 1 unspecified atom stereocenters. The standard InChI is InChI=1S/C16H15ClFN5O2/c17-10-4-3-9(6-11(10)24)7-19-14-13-15(22-16(18)21-14)23(8-20-13)12-2-1-5-25-12/h3-4,6,8,12,24H,1-2,5,7H2,(H,19,21,22). The smallest absolute Gasteiger partial charge is 0.312 e. The van der Waals surface area contributed by atoms with E-state index in [1.165, 1.54) is 6.07 Å². The molecule has 0 spiro atoms. The summed E-state index contributed by atoms with van der Waals surface area (Å²) in [5, 5.41) is 13.0. The van der Waals surface area contributed by atoms with Gasteiger partial charge in [0, 0.05) is 13.2 Å². The molecule has 1 atom stereocenters. The molecular weight excluding hydrogens is 349 g/mol. The maximum atomic E-state index is 13.9. The zero-order valence-corrected chi connectivity index (χ0v) is 13.9. The first kappa shape index (κ1) is 16.0. The Morgan fingerprint density at radius 2 is 2.28 bits per heavy atom. The van der Waals surface area contributed by atoms with Crippen LogP contribution in [0.1, 0.15) is 24.6 Å². The van der Waals surface area contributed by atoms with Crippen molar-refractivity contribution in [2.75, 3.05) is 11.9 Å². The number of fused-ring (bicyclic) bond motifs is 1. The van der Waals surface area contributed by atoms with Crippen LogP contribution in [0.25, 0.3) is 11.2 Å². The van der Waals surface area contributed by atoms with Crippen molar-refractivity contribution < 1.29 is 14.2 Å². The molecule has 1 fully saturated rings. The predicted octanol–water partition coefficient (Wildman–Crippen LogP) is 3.25. The number of rotatable bonds is 4. The van der Waals surface area contributed by atoms with Crippen molar-refractivity contribution >= 4 is 28.6 Å². The highest BCUT2D eigenvalue weighted by Gasteiger charge is 2.22. The van der Waals surface area contributed by atoms with Gasteiger partial charge in [0.2, 0.25) is 0 Å². The van der Waals surface area contributed by atoms with E-state index in [0.717, 1.165) is 18.4 Å². The fourth-order valence-corrected chi connectivity index (χ4v) is 2.98. The third-order valence-electron chi connectivity index (χ3n) is 4.08. The molecule has 2 aromatic heterocycles. The lowest BCUT2D eigenvalue weighted by Crippen LogP contribution is -2.09. The maximum absolute atomic E-state index is 13.9. The Labute approximate surface area is 147 Å². The summed E-state index contributed by atoms with van der Waals surface area (Å²) in [5.74, 6) is 0.274. The highest BCUT2D eigenvalue weighted by atomic mass is 35.5. The number of phenols is 1. The van der Waals surface area contributed by atoms with E-state index >= 15 is 0 Å². The average molecular weight is 364 g/mol. The number of hydrogen-bond donors (Lipinski definition) is 2. The van der Waals surface area contributed by atoms with Crippen molar-refractivity contribution in [2.45, 2.75) is 25.6 Å². The van der Waals surface area contributed by atoms with E-state index in [1.807, 2.05) is 0 Å². The second-order valence-corrected chi connectivity index (χ2v) is 6.18. The molecule has 1 aliphatic heterocycles. The lowest BCUT2D eigenvalue weighted by atomic mass is 10.2. The van der Waals surface area contributed by atoms with Crippen molar-refractivity contribution in [3.05, 3.63) is 41.2 Å². The number of hydrogen-bond acceptors (Lipinski definition) is 6. The number of phenolic OH excluding ortho intramolecular Hbond substituents is 1. The van der Waals surface area contributed by atoms with E-state index in [0.29, 0.717) is 24.3 Å². The summed E-state index contributed by atoms with van der Waals surface area (Å²) in [6.07, 6.45) is 2.36. The second kappa shape index (κ2) is 6.45. The summed E-state index contributed by atoms with van der Waals surface area (Å²) in [4.78, 5) is 12.0. The predicted molar refractivity (Wildman–Crippen MR) is 89.9 cm³/mol. The van der Waals surface area contributed by atoms with Gasteiger partial charge in [-0.3, -0.25) is 4.57 Å². The summed E-state index contributed by atoms with van der Waals surface area (Å²) in [7, 11) is 0. The lowest BCUT2D eigenvalue weighted by molar-refractivity contribution is 0.0592. The average Bonchev–Trinajstić information content (AvgIpc) is 3.24. The lowest BCUT2D eigenvalue weighted by Gasteiger charge is -2.12. The van der Waals surface area contributed by atoms with Gasteiger partial charge >= 0.3 is 6.08 Å². The summed E-state index contributed by atoms with van der Waals surface area (Å²) in [6, 6.07) is 4.89. The first-order valence-corrected chi connectivity index (χ1v) is 8.22. The highest BCUT2D eigenvalue weighted by molar-refractivity contribution is 6.32. The Morgan fingerprint density at radius 1 is 1.40 bits per heavy atom. The Hall–Kier alpha value is -2.45. The molecule has 3 heterocycles. The molecule has 1 aliphatic rings. The minimum atomic E-state index is -0.839. The second-order valence-electron chi connectivity index (χ2n) is 5.77. The van der Waals surface area contributed by atoms with Crippen molar-refractivity contribution in [1.82, 2.24) is 19.5 Å². The summed E-state index contributed by atoms with van der Waals surface area (Å²) in [5.41, 5.74) is 1.63. The van der Waals surface area contributed by atoms with Crippen LogP contribution >= 0.6 is 11.6 Å². The topological polar surface area (TPSA) is 85.1 Å². The van der Waals surface area contributed by atoms with Gasteiger partial charge in [0.05, 0.1) is 11.3 Å². The summed E-state index contributed by atoms with van der Waals surface area (Å²) in [6.45, 7) is 0.992. The number of nitrogens with zero attached hydrogens (tertiary/aromatic N) is 4. The fourth-order valence-electron chi connectivity index (χ4n) is 2.86. The number of imidazole rings is 1. The van der Waals surface area contributed by atoms with Crippen LogP contribution in [-0.4, -0.2) is 31.2 Å². The van der Waals surface area contributed by atoms with Gasteiger partial charge in [-0.15, -0.1) is 0 Å². The molecule has 9 heteroatoms. The number of aromatic nitrogens is 4. The first-order chi connectivity index (χ1) is 12.1. The van der Waals surface area contributed by atoms with Crippen LogP contribution in [0, 0.1) is 6.08 Å². The van der Waals surface area contributed by atoms with Crippen LogP contribution in [-0.2, 0) is 11.3 Å². The Balaban J connectivity index is 1.63. The molecule has 2 N–H and O–H groups in total. The SMILES string of the molecule is Oc1cc(CNc2nc(F)nc3c2ncn3C2CCCO2)ccc1Cl. The van der Waals surface area contributed by atoms with Crippen molar-refractivity contribution in [2.24, 2.45) is 0 Å². The van der Waals surface area contributed by atoms with Gasteiger partial charge in [0.15, 0.2) is 17.0 Å². The highest BCUT2D eigenvalue weighted by Crippen LogP contribution is 2.29. The van der Waals surface area contributed by atoms with E-state index in [1.54, 1.807) is 23.0 Å². The van der Waals surface area contributed by atoms with Crippen LogP contribution in [0.5, 0.6) is 5.75 Å². The number of nitrogens with one attached hydrogen (secondary N) is 1. The molecule has 1 aromatic carbocycles. The fraction of sp³-hybridized carbons (Fsp3) is 0.312. The molecule has 0 saturated carbocycles. The normalized spacial score (nSPS) is 17.3.